The largest absolute Gasteiger partial charge is 0.496 e. The quantitative estimate of drug-likeness (QED) is 0.436. The van der Waals surface area contributed by atoms with Gasteiger partial charge in [0.15, 0.2) is 0 Å². The van der Waals surface area contributed by atoms with Gasteiger partial charge in [0.2, 0.25) is 5.91 Å². The third-order valence-corrected chi connectivity index (χ3v) is 8.70. The van der Waals surface area contributed by atoms with E-state index in [1.54, 1.807) is 7.11 Å². The van der Waals surface area contributed by atoms with Gasteiger partial charge in [-0.3, -0.25) is 9.59 Å². The molecule has 2 fully saturated rings. The van der Waals surface area contributed by atoms with Crippen molar-refractivity contribution in [3.8, 4) is 5.75 Å². The van der Waals surface area contributed by atoms with Crippen molar-refractivity contribution in [3.05, 3.63) is 51.5 Å². The van der Waals surface area contributed by atoms with Crippen molar-refractivity contribution in [2.75, 3.05) is 30.8 Å². The van der Waals surface area contributed by atoms with E-state index in [1.165, 1.54) is 6.42 Å². The fourth-order valence-electron chi connectivity index (χ4n) is 5.88. The molecule has 2 aromatic carbocycles. The van der Waals surface area contributed by atoms with Gasteiger partial charge in [0.1, 0.15) is 11.3 Å². The molecule has 2 aromatic rings. The molecule has 1 saturated heterocycles. The molecule has 1 saturated carbocycles. The van der Waals surface area contributed by atoms with Crippen LogP contribution in [-0.4, -0.2) is 48.5 Å². The number of amides is 2. The Morgan fingerprint density at radius 2 is 1.97 bits per heavy atom. The summed E-state index contributed by atoms with van der Waals surface area (Å²) < 4.78 is 6.35. The molecule has 8 heteroatoms. The van der Waals surface area contributed by atoms with Gasteiger partial charge in [-0.2, -0.15) is 0 Å². The number of anilines is 2. The summed E-state index contributed by atoms with van der Waals surface area (Å²) in [6.45, 7) is 4.30. The minimum atomic E-state index is -0.868. The zero-order valence-corrected chi connectivity index (χ0v) is 22.7. The topological polar surface area (TPSA) is 82.7 Å². The van der Waals surface area contributed by atoms with Crippen LogP contribution in [0.25, 0.3) is 0 Å². The summed E-state index contributed by atoms with van der Waals surface area (Å²) in [4.78, 5) is 29.5. The molecule has 2 aliphatic heterocycles. The molecule has 2 heterocycles. The second-order valence-electron chi connectivity index (χ2n) is 10.3. The Morgan fingerprint density at radius 1 is 1.17 bits per heavy atom. The molecular weight excluding hydrogens is 520 g/mol. The van der Waals surface area contributed by atoms with E-state index in [-0.39, 0.29) is 11.8 Å². The fourth-order valence-corrected chi connectivity index (χ4v) is 6.47. The number of benzene rings is 2. The standard InChI is InChI=1S/C28H35BrN4O3/c1-18-8-9-19(15-25(18)36-2)32-27(35)28(10-4-3-5-11-28)33-17-23-22(26(33)34)13-21(14-24(23)29)31-16-20-7-6-12-30-20/h8-9,13-15,20,30-31H,3-7,10-12,16-17H2,1-2H3,(H,32,35). The molecule has 2 amide bonds. The van der Waals surface area contributed by atoms with Crippen molar-refractivity contribution in [2.45, 2.75) is 70.0 Å². The molecule has 0 spiro atoms. The minimum Gasteiger partial charge on any atom is -0.496 e. The van der Waals surface area contributed by atoms with E-state index < -0.39 is 5.54 Å². The smallest absolute Gasteiger partial charge is 0.255 e. The second-order valence-corrected chi connectivity index (χ2v) is 11.1. The predicted octanol–water partition coefficient (Wildman–Crippen LogP) is 5.23. The molecule has 1 atom stereocenters. The first-order valence-electron chi connectivity index (χ1n) is 13.0. The van der Waals surface area contributed by atoms with E-state index in [9.17, 15) is 9.59 Å². The molecule has 1 aliphatic carbocycles. The number of nitrogens with one attached hydrogen (secondary N) is 3. The number of rotatable bonds is 7. The Morgan fingerprint density at radius 3 is 2.69 bits per heavy atom. The lowest BCUT2D eigenvalue weighted by molar-refractivity contribution is -0.129. The van der Waals surface area contributed by atoms with Gasteiger partial charge in [0, 0.05) is 46.6 Å². The van der Waals surface area contributed by atoms with Crippen LogP contribution in [0.1, 0.15) is 66.4 Å². The zero-order chi connectivity index (χ0) is 25.3. The summed E-state index contributed by atoms with van der Waals surface area (Å²) in [5.74, 6) is 0.551. The van der Waals surface area contributed by atoms with Crippen molar-refractivity contribution in [2.24, 2.45) is 0 Å². The van der Waals surface area contributed by atoms with Gasteiger partial charge < -0.3 is 25.6 Å². The van der Waals surface area contributed by atoms with E-state index >= 15 is 0 Å². The van der Waals surface area contributed by atoms with Gasteiger partial charge in [-0.15, -0.1) is 0 Å². The van der Waals surface area contributed by atoms with Gasteiger partial charge in [0.05, 0.1) is 7.11 Å². The molecule has 192 valence electrons. The Hall–Kier alpha value is -2.58. The van der Waals surface area contributed by atoms with Gasteiger partial charge in [-0.1, -0.05) is 41.3 Å². The van der Waals surface area contributed by atoms with Crippen molar-refractivity contribution in [3.63, 3.8) is 0 Å². The second kappa shape index (κ2) is 10.4. The average Bonchev–Trinajstić information content (AvgIpc) is 3.53. The van der Waals surface area contributed by atoms with Crippen molar-refractivity contribution in [1.82, 2.24) is 10.2 Å². The van der Waals surface area contributed by atoms with Gasteiger partial charge in [-0.25, -0.2) is 0 Å². The summed E-state index contributed by atoms with van der Waals surface area (Å²) in [6, 6.07) is 10.1. The number of fused-ring (bicyclic) bond motifs is 1. The van der Waals surface area contributed by atoms with Crippen LogP contribution in [-0.2, 0) is 11.3 Å². The van der Waals surface area contributed by atoms with E-state index in [1.807, 2.05) is 36.1 Å². The highest BCUT2D eigenvalue weighted by Crippen LogP contribution is 2.42. The lowest BCUT2D eigenvalue weighted by Crippen LogP contribution is -2.58. The summed E-state index contributed by atoms with van der Waals surface area (Å²) in [5, 5.41) is 10.1. The minimum absolute atomic E-state index is 0.0631. The third-order valence-electron chi connectivity index (χ3n) is 7.99. The molecule has 3 N–H and O–H groups in total. The molecule has 1 unspecified atom stereocenters. The van der Waals surface area contributed by atoms with Crippen LogP contribution in [0.4, 0.5) is 11.4 Å². The van der Waals surface area contributed by atoms with Gasteiger partial charge in [0.25, 0.3) is 5.91 Å². The first-order valence-corrected chi connectivity index (χ1v) is 13.8. The Balaban J connectivity index is 1.39. The van der Waals surface area contributed by atoms with E-state index in [0.717, 1.165) is 65.8 Å². The van der Waals surface area contributed by atoms with Crippen LogP contribution in [0.15, 0.2) is 34.8 Å². The van der Waals surface area contributed by atoms with E-state index in [4.69, 9.17) is 4.74 Å². The Kier molecular flexibility index (Phi) is 7.26. The third kappa shape index (κ3) is 4.73. The van der Waals surface area contributed by atoms with Crippen LogP contribution in [0, 0.1) is 6.92 Å². The number of methoxy groups -OCH3 is 1. The lowest BCUT2D eigenvalue weighted by atomic mass is 9.79. The summed E-state index contributed by atoms with van der Waals surface area (Å²) in [6.07, 6.45) is 6.62. The summed E-state index contributed by atoms with van der Waals surface area (Å²) >= 11 is 3.71. The SMILES string of the molecule is COc1cc(NC(=O)C2(N3Cc4c(Br)cc(NCC5CCCN5)cc4C3=O)CCCCC2)ccc1C. The van der Waals surface area contributed by atoms with E-state index in [0.29, 0.717) is 36.7 Å². The fraction of sp³-hybridized carbons (Fsp3) is 0.500. The molecule has 7 nitrogen and oxygen atoms in total. The van der Waals surface area contributed by atoms with Crippen LogP contribution < -0.4 is 20.7 Å². The number of nitrogens with zero attached hydrogens (tertiary/aromatic N) is 1. The summed E-state index contributed by atoms with van der Waals surface area (Å²) in [7, 11) is 1.63. The number of carbonyl (C=O) groups excluding carboxylic acids is 2. The van der Waals surface area contributed by atoms with Crippen LogP contribution in [0.2, 0.25) is 0 Å². The number of ether oxygens (including phenoxy) is 1. The number of aryl methyl sites for hydroxylation is 1. The Bertz CT molecular complexity index is 1160. The van der Waals surface area contributed by atoms with Crippen LogP contribution >= 0.6 is 15.9 Å². The monoisotopic (exact) mass is 554 g/mol. The van der Waals surface area contributed by atoms with E-state index in [2.05, 4.69) is 37.9 Å². The highest BCUT2D eigenvalue weighted by molar-refractivity contribution is 9.10. The van der Waals surface area contributed by atoms with Gasteiger partial charge in [-0.05, 0) is 68.5 Å². The number of hydrogen-bond donors (Lipinski definition) is 3. The molecule has 3 aliphatic rings. The molecule has 36 heavy (non-hydrogen) atoms. The lowest BCUT2D eigenvalue weighted by Gasteiger charge is -2.43. The van der Waals surface area contributed by atoms with Crippen molar-refractivity contribution in [1.29, 1.82) is 0 Å². The number of carbonyl (C=O) groups is 2. The molecule has 0 radical (unpaired) electrons. The molecule has 0 aromatic heterocycles. The summed E-state index contributed by atoms with van der Waals surface area (Å²) in [5.41, 5.74) is 3.39. The van der Waals surface area contributed by atoms with Crippen LogP contribution in [0.3, 0.4) is 0 Å². The van der Waals surface area contributed by atoms with Crippen LogP contribution in [0.5, 0.6) is 5.75 Å². The maximum absolute atomic E-state index is 13.9. The first-order chi connectivity index (χ1) is 17.4. The average molecular weight is 556 g/mol. The Labute approximate surface area is 221 Å². The van der Waals surface area contributed by atoms with Gasteiger partial charge >= 0.3 is 0 Å². The zero-order valence-electron chi connectivity index (χ0n) is 21.1. The highest BCUT2D eigenvalue weighted by Gasteiger charge is 2.50. The maximum atomic E-state index is 13.9. The normalized spacial score (nSPS) is 20.8. The molecular formula is C28H35BrN4O3. The maximum Gasteiger partial charge on any atom is 0.255 e. The predicted molar refractivity (Wildman–Crippen MR) is 146 cm³/mol. The van der Waals surface area contributed by atoms with Crippen molar-refractivity contribution < 1.29 is 14.3 Å². The van der Waals surface area contributed by atoms with Crippen molar-refractivity contribution >= 4 is 39.1 Å². The molecule has 0 bridgehead atoms. The number of halogens is 1. The number of hydrogen-bond acceptors (Lipinski definition) is 5. The highest BCUT2D eigenvalue weighted by atomic mass is 79.9. The first kappa shape index (κ1) is 25.1. The molecule has 5 rings (SSSR count).